The van der Waals surface area contributed by atoms with Crippen LogP contribution in [-0.2, 0) is 9.53 Å². The molecule has 0 radical (unpaired) electrons. The third-order valence-electron chi connectivity index (χ3n) is 2.17. The smallest absolute Gasteiger partial charge is 0.306 e. The summed E-state index contributed by atoms with van der Waals surface area (Å²) in [7, 11) is 0. The molecule has 0 N–H and O–H groups in total. The first-order valence-corrected chi connectivity index (χ1v) is 5.67. The molecule has 0 spiro atoms. The van der Waals surface area contributed by atoms with Crippen molar-refractivity contribution in [3.05, 3.63) is 10.1 Å². The topological polar surface area (TPSA) is 69.4 Å². The van der Waals surface area contributed by atoms with Crippen LogP contribution in [0.15, 0.2) is 0 Å². The van der Waals surface area contributed by atoms with Crippen molar-refractivity contribution in [3.8, 4) is 0 Å². The summed E-state index contributed by atoms with van der Waals surface area (Å²) in [5, 5.41) is 10.6. The van der Waals surface area contributed by atoms with E-state index in [1.165, 1.54) is 11.8 Å². The summed E-state index contributed by atoms with van der Waals surface area (Å²) in [4.78, 5) is 21.4. The second-order valence-electron chi connectivity index (χ2n) is 3.16. The van der Waals surface area contributed by atoms with Crippen molar-refractivity contribution in [2.24, 2.45) is 5.92 Å². The first-order chi connectivity index (χ1) is 6.65. The van der Waals surface area contributed by atoms with Crippen molar-refractivity contribution in [1.29, 1.82) is 0 Å². The van der Waals surface area contributed by atoms with E-state index in [9.17, 15) is 14.9 Å². The molecule has 1 aliphatic rings. The maximum atomic E-state index is 11.1. The van der Waals surface area contributed by atoms with Gasteiger partial charge in [-0.1, -0.05) is 0 Å². The molecule has 1 saturated heterocycles. The lowest BCUT2D eigenvalue weighted by atomic mass is 10.0. The van der Waals surface area contributed by atoms with Crippen LogP contribution in [0.5, 0.6) is 0 Å². The zero-order valence-corrected chi connectivity index (χ0v) is 8.79. The van der Waals surface area contributed by atoms with E-state index in [1.54, 1.807) is 6.92 Å². The molecule has 0 aromatic heterocycles. The summed E-state index contributed by atoms with van der Waals surface area (Å²) in [6.45, 7) is 2.06. The molecule has 0 aromatic carbocycles. The van der Waals surface area contributed by atoms with E-state index in [4.69, 9.17) is 4.74 Å². The standard InChI is InChI=1S/C8H13NO4S/c1-2-13-8(10)3-6-4-14-5-7(6)9(11)12/h6-7H,2-5H2,1H3. The van der Waals surface area contributed by atoms with Gasteiger partial charge in [0.05, 0.1) is 18.8 Å². The molecule has 0 amide bonds. The van der Waals surface area contributed by atoms with E-state index < -0.39 is 6.04 Å². The second-order valence-corrected chi connectivity index (χ2v) is 4.23. The van der Waals surface area contributed by atoms with Crippen LogP contribution < -0.4 is 0 Å². The molecule has 1 aliphatic heterocycles. The largest absolute Gasteiger partial charge is 0.466 e. The molecule has 5 nitrogen and oxygen atoms in total. The summed E-state index contributed by atoms with van der Waals surface area (Å²) in [6, 6.07) is -0.579. The summed E-state index contributed by atoms with van der Waals surface area (Å²) in [6.07, 6.45) is 0.173. The Kier molecular flexibility index (Phi) is 4.19. The number of nitro groups is 1. The van der Waals surface area contributed by atoms with Crippen LogP contribution in [0.3, 0.4) is 0 Å². The van der Waals surface area contributed by atoms with Gasteiger partial charge in [0.25, 0.3) is 0 Å². The lowest BCUT2D eigenvalue weighted by Crippen LogP contribution is -2.29. The maximum Gasteiger partial charge on any atom is 0.306 e. The molecule has 0 bridgehead atoms. The number of esters is 1. The quantitative estimate of drug-likeness (QED) is 0.400. The predicted molar refractivity (Wildman–Crippen MR) is 52.8 cm³/mol. The van der Waals surface area contributed by atoms with Gasteiger partial charge in [-0.2, -0.15) is 11.8 Å². The number of hydrogen-bond acceptors (Lipinski definition) is 5. The minimum Gasteiger partial charge on any atom is -0.466 e. The summed E-state index contributed by atoms with van der Waals surface area (Å²) in [5.41, 5.74) is 0. The molecule has 0 aliphatic carbocycles. The van der Waals surface area contributed by atoms with Crippen molar-refractivity contribution in [1.82, 2.24) is 0 Å². The van der Waals surface area contributed by atoms with Crippen LogP contribution in [0.25, 0.3) is 0 Å². The fourth-order valence-electron chi connectivity index (χ4n) is 1.45. The minimum absolute atomic E-state index is 0.158. The number of thioether (sulfide) groups is 1. The lowest BCUT2D eigenvalue weighted by Gasteiger charge is -2.10. The predicted octanol–water partition coefficient (Wildman–Crippen LogP) is 0.948. The van der Waals surface area contributed by atoms with Gasteiger partial charge in [0.2, 0.25) is 6.04 Å². The van der Waals surface area contributed by atoms with Crippen LogP contribution in [0.2, 0.25) is 0 Å². The zero-order valence-electron chi connectivity index (χ0n) is 7.97. The average molecular weight is 219 g/mol. The summed E-state index contributed by atoms with van der Waals surface area (Å²) in [5.74, 6) is 0.711. The van der Waals surface area contributed by atoms with Crippen LogP contribution in [0.1, 0.15) is 13.3 Å². The Morgan fingerprint density at radius 3 is 2.93 bits per heavy atom. The highest BCUT2D eigenvalue weighted by Gasteiger charge is 2.38. The lowest BCUT2D eigenvalue weighted by molar-refractivity contribution is -0.523. The van der Waals surface area contributed by atoms with Crippen molar-refractivity contribution in [3.63, 3.8) is 0 Å². The number of carbonyl (C=O) groups is 1. The van der Waals surface area contributed by atoms with Crippen LogP contribution in [0.4, 0.5) is 0 Å². The number of rotatable bonds is 4. The number of carbonyl (C=O) groups excluding carboxylic acids is 1. The fourth-order valence-corrected chi connectivity index (χ4v) is 2.86. The minimum atomic E-state index is -0.579. The molecule has 1 heterocycles. The van der Waals surface area contributed by atoms with Gasteiger partial charge < -0.3 is 4.74 Å². The molecule has 14 heavy (non-hydrogen) atoms. The average Bonchev–Trinajstić information content (AvgIpc) is 2.52. The molecular weight excluding hydrogens is 206 g/mol. The molecule has 0 saturated carbocycles. The molecule has 0 aromatic rings. The Balaban J connectivity index is 2.43. The van der Waals surface area contributed by atoms with Crippen molar-refractivity contribution < 1.29 is 14.5 Å². The maximum absolute atomic E-state index is 11.1. The molecule has 1 fully saturated rings. The third kappa shape index (κ3) is 2.87. The van der Waals surface area contributed by atoms with Gasteiger partial charge in [-0.3, -0.25) is 14.9 Å². The number of ether oxygens (including phenoxy) is 1. The van der Waals surface area contributed by atoms with Gasteiger partial charge in [-0.25, -0.2) is 0 Å². The van der Waals surface area contributed by atoms with Crippen LogP contribution in [0, 0.1) is 16.0 Å². The van der Waals surface area contributed by atoms with E-state index >= 15 is 0 Å². The molecule has 2 unspecified atom stereocenters. The van der Waals surface area contributed by atoms with Gasteiger partial charge in [-0.05, 0) is 6.92 Å². The first-order valence-electron chi connectivity index (χ1n) is 4.52. The summed E-state index contributed by atoms with van der Waals surface area (Å²) >= 11 is 1.53. The highest BCUT2D eigenvalue weighted by Crippen LogP contribution is 2.28. The van der Waals surface area contributed by atoms with Crippen molar-refractivity contribution >= 4 is 17.7 Å². The second kappa shape index (κ2) is 5.19. The molecule has 6 heteroatoms. The van der Waals surface area contributed by atoms with Crippen LogP contribution >= 0.6 is 11.8 Å². The van der Waals surface area contributed by atoms with E-state index in [-0.39, 0.29) is 23.2 Å². The first kappa shape index (κ1) is 11.3. The number of hydrogen-bond donors (Lipinski definition) is 0. The Hall–Kier alpha value is -0.780. The molecule has 80 valence electrons. The molecular formula is C8H13NO4S. The SMILES string of the molecule is CCOC(=O)CC1CSCC1[N+](=O)[O-]. The Morgan fingerprint density at radius 2 is 2.36 bits per heavy atom. The highest BCUT2D eigenvalue weighted by molar-refractivity contribution is 7.99. The van der Waals surface area contributed by atoms with E-state index in [1.807, 2.05) is 0 Å². The van der Waals surface area contributed by atoms with Crippen molar-refractivity contribution in [2.45, 2.75) is 19.4 Å². The van der Waals surface area contributed by atoms with Gasteiger partial charge in [0.1, 0.15) is 0 Å². The van der Waals surface area contributed by atoms with Crippen molar-refractivity contribution in [2.75, 3.05) is 18.1 Å². The van der Waals surface area contributed by atoms with Crippen LogP contribution in [-0.4, -0.2) is 35.0 Å². The fraction of sp³-hybridized carbons (Fsp3) is 0.875. The molecule has 1 rings (SSSR count). The zero-order chi connectivity index (χ0) is 10.6. The monoisotopic (exact) mass is 219 g/mol. The van der Waals surface area contributed by atoms with E-state index in [2.05, 4.69) is 0 Å². The van der Waals surface area contributed by atoms with E-state index in [0.717, 1.165) is 0 Å². The highest BCUT2D eigenvalue weighted by atomic mass is 32.2. The van der Waals surface area contributed by atoms with Gasteiger partial charge in [-0.15, -0.1) is 0 Å². The van der Waals surface area contributed by atoms with Gasteiger partial charge in [0, 0.05) is 16.6 Å². The summed E-state index contributed by atoms with van der Waals surface area (Å²) < 4.78 is 4.76. The molecule has 2 atom stereocenters. The number of nitrogens with zero attached hydrogens (tertiary/aromatic N) is 1. The Morgan fingerprint density at radius 1 is 1.64 bits per heavy atom. The van der Waals surface area contributed by atoms with E-state index in [0.29, 0.717) is 18.1 Å². The Bertz CT molecular complexity index is 233. The van der Waals surface area contributed by atoms with Gasteiger partial charge in [0.15, 0.2) is 0 Å². The normalized spacial score (nSPS) is 26.1. The third-order valence-corrected chi connectivity index (χ3v) is 3.41. The Labute approximate surface area is 86.3 Å². The van der Waals surface area contributed by atoms with Gasteiger partial charge >= 0.3 is 5.97 Å².